The molecule has 1 N–H and O–H groups in total. The van der Waals surface area contributed by atoms with Crippen LogP contribution in [0.25, 0.3) is 0 Å². The van der Waals surface area contributed by atoms with Crippen LogP contribution in [0.2, 0.25) is 0 Å². The molecule has 10 heteroatoms. The second-order valence-corrected chi connectivity index (χ2v) is 4.32. The Balaban J connectivity index is 2.85. The molecule has 0 fully saturated rings. The number of benzene rings is 1. The predicted molar refractivity (Wildman–Crippen MR) is 57.7 cm³/mol. The smallest absolute Gasteiger partial charge is 0.427 e. The Hall–Kier alpha value is -1.00. The van der Waals surface area contributed by atoms with Crippen LogP contribution in [-0.2, 0) is 11.3 Å². The van der Waals surface area contributed by atoms with Crippen LogP contribution in [-0.4, -0.2) is 23.9 Å². The molecule has 0 saturated carbocycles. The van der Waals surface area contributed by atoms with Crippen LogP contribution in [0.4, 0.5) is 26.3 Å². The lowest BCUT2D eigenvalue weighted by molar-refractivity contribution is -0.411. The van der Waals surface area contributed by atoms with Gasteiger partial charge in [-0.25, -0.2) is 9.13 Å². The van der Waals surface area contributed by atoms with Gasteiger partial charge in [-0.15, -0.1) is 13.2 Å². The molecule has 1 rings (SSSR count). The van der Waals surface area contributed by atoms with Crippen molar-refractivity contribution in [3.05, 3.63) is 28.2 Å². The van der Waals surface area contributed by atoms with Crippen LogP contribution in [0.1, 0.15) is 5.56 Å². The Morgan fingerprint density at radius 1 is 1.20 bits per heavy atom. The number of rotatable bonds is 5. The topological polar surface area (TPSA) is 38.7 Å². The molecule has 0 spiro atoms. The molecule has 0 aliphatic rings. The van der Waals surface area contributed by atoms with E-state index in [1.54, 1.807) is 0 Å². The molecular formula is C10H7BrF6O3. The summed E-state index contributed by atoms with van der Waals surface area (Å²) < 4.78 is 80.3. The van der Waals surface area contributed by atoms with E-state index in [-0.39, 0.29) is 4.47 Å². The molecule has 0 aliphatic carbocycles. The molecule has 1 aromatic carbocycles. The Labute approximate surface area is 117 Å². The van der Waals surface area contributed by atoms with Crippen molar-refractivity contribution in [2.75, 3.05) is 0 Å². The van der Waals surface area contributed by atoms with E-state index in [9.17, 15) is 26.3 Å². The van der Waals surface area contributed by atoms with Gasteiger partial charge in [0, 0.05) is 0 Å². The van der Waals surface area contributed by atoms with Gasteiger partial charge in [0.15, 0.2) is 0 Å². The van der Waals surface area contributed by atoms with Gasteiger partial charge >= 0.3 is 18.8 Å². The molecule has 20 heavy (non-hydrogen) atoms. The summed E-state index contributed by atoms with van der Waals surface area (Å²) in [4.78, 5) is 0. The number of hydrogen-bond acceptors (Lipinski definition) is 3. The minimum Gasteiger partial charge on any atom is -0.427 e. The van der Waals surface area contributed by atoms with Crippen molar-refractivity contribution in [1.82, 2.24) is 0 Å². The van der Waals surface area contributed by atoms with E-state index in [0.717, 1.165) is 6.07 Å². The Bertz CT molecular complexity index is 465. The van der Waals surface area contributed by atoms with Gasteiger partial charge in [-0.3, -0.25) is 0 Å². The highest BCUT2D eigenvalue weighted by Gasteiger charge is 2.50. The van der Waals surface area contributed by atoms with E-state index in [1.807, 2.05) is 0 Å². The van der Waals surface area contributed by atoms with Crippen molar-refractivity contribution in [3.8, 4) is 5.75 Å². The number of halogens is 7. The average Bonchev–Trinajstić information content (AvgIpc) is 2.29. The zero-order valence-electron chi connectivity index (χ0n) is 9.43. The van der Waals surface area contributed by atoms with Gasteiger partial charge in [0.1, 0.15) is 5.75 Å². The summed E-state index contributed by atoms with van der Waals surface area (Å²) >= 11 is 2.80. The predicted octanol–water partition coefficient (Wildman–Crippen LogP) is 3.75. The van der Waals surface area contributed by atoms with Crippen molar-refractivity contribution >= 4 is 15.9 Å². The molecule has 0 heterocycles. The molecular weight excluding hydrogens is 362 g/mol. The van der Waals surface area contributed by atoms with Gasteiger partial charge in [-0.05, 0) is 33.6 Å². The molecule has 114 valence electrons. The van der Waals surface area contributed by atoms with E-state index in [0.29, 0.717) is 5.56 Å². The first-order chi connectivity index (χ1) is 9.05. The van der Waals surface area contributed by atoms with Gasteiger partial charge in [-0.1, -0.05) is 6.07 Å². The van der Waals surface area contributed by atoms with Gasteiger partial charge < -0.3 is 9.84 Å². The lowest BCUT2D eigenvalue weighted by Gasteiger charge is -2.22. The third-order valence-electron chi connectivity index (χ3n) is 1.93. The third kappa shape index (κ3) is 4.84. The van der Waals surface area contributed by atoms with Crippen molar-refractivity contribution in [3.63, 3.8) is 0 Å². The van der Waals surface area contributed by atoms with Crippen molar-refractivity contribution in [2.24, 2.45) is 0 Å². The van der Waals surface area contributed by atoms with Crippen LogP contribution >= 0.6 is 15.9 Å². The minimum absolute atomic E-state index is 0.0945. The van der Waals surface area contributed by atoms with E-state index in [1.165, 1.54) is 12.1 Å². The van der Waals surface area contributed by atoms with Crippen LogP contribution in [0.15, 0.2) is 22.7 Å². The average molecular weight is 369 g/mol. The van der Waals surface area contributed by atoms with Crippen LogP contribution in [0.3, 0.4) is 0 Å². The summed E-state index contributed by atoms with van der Waals surface area (Å²) in [6, 6.07) is 3.29. The lowest BCUT2D eigenvalue weighted by Crippen LogP contribution is -2.41. The number of ether oxygens (including phenoxy) is 2. The van der Waals surface area contributed by atoms with Crippen LogP contribution < -0.4 is 4.74 Å². The van der Waals surface area contributed by atoms with Crippen molar-refractivity contribution < 1.29 is 40.9 Å². The minimum atomic E-state index is -5.57. The largest absolute Gasteiger partial charge is 0.525 e. The molecule has 0 radical (unpaired) electrons. The molecule has 0 aromatic heterocycles. The van der Waals surface area contributed by atoms with Gasteiger partial charge in [0.2, 0.25) is 0 Å². The van der Waals surface area contributed by atoms with E-state index in [4.69, 9.17) is 5.11 Å². The van der Waals surface area contributed by atoms with E-state index < -0.39 is 31.2 Å². The summed E-state index contributed by atoms with van der Waals surface area (Å²) in [5.41, 5.74) is 0.330. The van der Waals surface area contributed by atoms with E-state index in [2.05, 4.69) is 25.4 Å². The first-order valence-corrected chi connectivity index (χ1v) is 5.69. The molecule has 0 saturated heterocycles. The second-order valence-electron chi connectivity index (χ2n) is 3.47. The summed E-state index contributed by atoms with van der Waals surface area (Å²) in [7, 11) is 0. The zero-order chi connectivity index (χ0) is 15.6. The SMILES string of the molecule is OCc1ccc(OC(F)(F)C(F)OC(F)(F)F)c(Br)c1. The van der Waals surface area contributed by atoms with E-state index >= 15 is 0 Å². The van der Waals surface area contributed by atoms with Crippen molar-refractivity contribution in [1.29, 1.82) is 0 Å². The normalized spacial score (nSPS) is 14.2. The van der Waals surface area contributed by atoms with Crippen molar-refractivity contribution in [2.45, 2.75) is 25.4 Å². The number of alkyl halides is 6. The third-order valence-corrected chi connectivity index (χ3v) is 2.55. The fourth-order valence-corrected chi connectivity index (χ4v) is 1.61. The highest BCUT2D eigenvalue weighted by atomic mass is 79.9. The monoisotopic (exact) mass is 368 g/mol. The summed E-state index contributed by atoms with van der Waals surface area (Å²) in [5, 5.41) is 8.79. The Morgan fingerprint density at radius 2 is 1.80 bits per heavy atom. The van der Waals surface area contributed by atoms with Gasteiger partial charge in [0.05, 0.1) is 11.1 Å². The fourth-order valence-electron chi connectivity index (χ4n) is 1.10. The standard InChI is InChI=1S/C10H7BrF6O3/c11-6-3-5(4-18)1-2-7(6)19-9(13,14)8(12)20-10(15,16)17/h1-3,8,18H,4H2. The molecule has 0 amide bonds. The summed E-state index contributed by atoms with van der Waals surface area (Å²) in [6.45, 7) is -0.391. The zero-order valence-corrected chi connectivity index (χ0v) is 11.0. The van der Waals surface area contributed by atoms with Gasteiger partial charge in [0.25, 0.3) is 0 Å². The van der Waals surface area contributed by atoms with Crippen LogP contribution in [0, 0.1) is 0 Å². The summed E-state index contributed by atoms with van der Waals surface area (Å²) in [6.07, 6.45) is -14.4. The Morgan fingerprint density at radius 3 is 2.25 bits per heavy atom. The highest BCUT2D eigenvalue weighted by Crippen LogP contribution is 2.35. The molecule has 1 atom stereocenters. The maximum Gasteiger partial charge on any atom is 0.525 e. The molecule has 0 aliphatic heterocycles. The number of aliphatic hydroxyl groups is 1. The first-order valence-electron chi connectivity index (χ1n) is 4.90. The van der Waals surface area contributed by atoms with Gasteiger partial charge in [-0.2, -0.15) is 8.78 Å². The number of aliphatic hydroxyl groups excluding tert-OH is 1. The molecule has 1 aromatic rings. The first kappa shape index (κ1) is 17.1. The number of hydrogen-bond donors (Lipinski definition) is 1. The maximum absolute atomic E-state index is 13.1. The molecule has 3 nitrogen and oxygen atoms in total. The molecule has 1 unspecified atom stereocenters. The van der Waals surface area contributed by atoms with Crippen LogP contribution in [0.5, 0.6) is 5.75 Å². The quantitative estimate of drug-likeness (QED) is 0.804. The second kappa shape index (κ2) is 6.19. The summed E-state index contributed by atoms with van der Waals surface area (Å²) in [5.74, 6) is -0.611. The fraction of sp³-hybridized carbons (Fsp3) is 0.400. The lowest BCUT2D eigenvalue weighted by atomic mass is 10.2. The Kier molecular flexibility index (Phi) is 5.27. The highest BCUT2D eigenvalue weighted by molar-refractivity contribution is 9.10. The maximum atomic E-state index is 13.1. The molecule has 0 bridgehead atoms.